The minimum Gasteiger partial charge on any atom is -0.324 e. The fourth-order valence-electron chi connectivity index (χ4n) is 1.33. The second-order valence-electron chi connectivity index (χ2n) is 3.40. The Morgan fingerprint density at radius 1 is 1.12 bits per heavy atom. The monoisotopic (exact) mass is 239 g/mol. The van der Waals surface area contributed by atoms with Gasteiger partial charge in [0.05, 0.1) is 0 Å². The average molecular weight is 239 g/mol. The average Bonchev–Trinajstić information content (AvgIpc) is 2.13. The maximum absolute atomic E-state index is 13.1. The smallest absolute Gasteiger partial charge is 0.324 e. The van der Waals surface area contributed by atoms with Crippen molar-refractivity contribution < 1.29 is 22.0 Å². The molecule has 0 radical (unpaired) electrons. The van der Waals surface area contributed by atoms with E-state index in [1.54, 1.807) is 0 Å². The number of hydrogen-bond acceptors (Lipinski definition) is 1. The summed E-state index contributed by atoms with van der Waals surface area (Å²) in [7, 11) is 0. The zero-order valence-corrected chi connectivity index (χ0v) is 8.19. The quantitative estimate of drug-likeness (QED) is 0.804. The van der Waals surface area contributed by atoms with Gasteiger partial charge in [-0.05, 0) is 18.6 Å². The van der Waals surface area contributed by atoms with Crippen LogP contribution in [-0.2, 0) is 0 Å². The van der Waals surface area contributed by atoms with Crippen molar-refractivity contribution in [3.63, 3.8) is 0 Å². The molecule has 1 atom stereocenters. The van der Waals surface area contributed by atoms with Crippen LogP contribution in [0, 0.1) is 11.6 Å². The first-order valence-electron chi connectivity index (χ1n) is 4.57. The van der Waals surface area contributed by atoms with E-state index in [1.165, 1.54) is 0 Å². The molecule has 1 rings (SSSR count). The fraction of sp³-hybridized carbons (Fsp3) is 0.400. The van der Waals surface area contributed by atoms with Crippen molar-refractivity contribution >= 4 is 0 Å². The Labute approximate surface area is 89.1 Å². The minimum absolute atomic E-state index is 0.494. The molecule has 0 fully saturated rings. The Balaban J connectivity index is 2.77. The molecule has 16 heavy (non-hydrogen) atoms. The molecular weight excluding hydrogens is 229 g/mol. The summed E-state index contributed by atoms with van der Waals surface area (Å²) in [5, 5.41) is 0. The first-order valence-corrected chi connectivity index (χ1v) is 4.57. The largest absolute Gasteiger partial charge is 0.389 e. The lowest BCUT2D eigenvalue weighted by Gasteiger charge is -2.14. The van der Waals surface area contributed by atoms with Gasteiger partial charge in [-0.25, -0.2) is 8.78 Å². The molecule has 0 aliphatic rings. The highest BCUT2D eigenvalue weighted by molar-refractivity contribution is 5.22. The van der Waals surface area contributed by atoms with Crippen molar-refractivity contribution in [3.8, 4) is 0 Å². The highest BCUT2D eigenvalue weighted by Gasteiger charge is 2.29. The first-order chi connectivity index (χ1) is 7.31. The number of benzene rings is 1. The molecule has 0 spiro atoms. The van der Waals surface area contributed by atoms with Crippen LogP contribution >= 0.6 is 0 Å². The van der Waals surface area contributed by atoms with Gasteiger partial charge < -0.3 is 5.73 Å². The molecule has 90 valence electrons. The third kappa shape index (κ3) is 3.44. The lowest BCUT2D eigenvalue weighted by Crippen LogP contribution is -2.18. The lowest BCUT2D eigenvalue weighted by molar-refractivity contribution is -0.136. The highest BCUT2D eigenvalue weighted by Crippen LogP contribution is 2.28. The number of alkyl halides is 3. The number of hydrogen-bond donors (Lipinski definition) is 1. The van der Waals surface area contributed by atoms with E-state index < -0.39 is 42.3 Å². The third-order valence-electron chi connectivity index (χ3n) is 2.11. The summed E-state index contributed by atoms with van der Waals surface area (Å²) in [4.78, 5) is 0. The van der Waals surface area contributed by atoms with E-state index >= 15 is 0 Å². The Hall–Kier alpha value is -1.17. The van der Waals surface area contributed by atoms with Crippen LogP contribution in [0.1, 0.15) is 24.4 Å². The van der Waals surface area contributed by atoms with Crippen LogP contribution in [0.2, 0.25) is 0 Å². The summed E-state index contributed by atoms with van der Waals surface area (Å²) >= 11 is 0. The van der Waals surface area contributed by atoms with Gasteiger partial charge in [0.2, 0.25) is 0 Å². The van der Waals surface area contributed by atoms with Crippen LogP contribution in [0.3, 0.4) is 0 Å². The van der Waals surface area contributed by atoms with Crippen molar-refractivity contribution in [2.75, 3.05) is 0 Å². The Morgan fingerprint density at radius 2 is 1.62 bits per heavy atom. The zero-order chi connectivity index (χ0) is 12.3. The number of nitrogens with two attached hydrogens (primary N) is 1. The van der Waals surface area contributed by atoms with Gasteiger partial charge in [0.15, 0.2) is 0 Å². The second-order valence-corrected chi connectivity index (χ2v) is 3.40. The molecule has 0 saturated heterocycles. The molecule has 0 unspecified atom stereocenters. The first kappa shape index (κ1) is 12.9. The molecular formula is C10H10F5N. The lowest BCUT2D eigenvalue weighted by atomic mass is 10.0. The van der Waals surface area contributed by atoms with Crippen LogP contribution in [0.15, 0.2) is 18.2 Å². The predicted molar refractivity (Wildman–Crippen MR) is 48.6 cm³/mol. The van der Waals surface area contributed by atoms with E-state index in [0.717, 1.165) is 18.2 Å². The standard InChI is InChI=1S/C10H10F5N/c11-6-2-1-3-7(12)9(6)8(16)4-5-10(13,14)15/h1-3,8H,4-5,16H2/t8-/m1/s1. The molecule has 0 saturated carbocycles. The van der Waals surface area contributed by atoms with E-state index in [0.29, 0.717) is 0 Å². The third-order valence-corrected chi connectivity index (χ3v) is 2.11. The van der Waals surface area contributed by atoms with Crippen molar-refractivity contribution in [2.24, 2.45) is 5.73 Å². The molecule has 6 heteroatoms. The molecule has 1 aromatic rings. The van der Waals surface area contributed by atoms with Crippen LogP contribution in [0.5, 0.6) is 0 Å². The van der Waals surface area contributed by atoms with E-state index in [4.69, 9.17) is 5.73 Å². The van der Waals surface area contributed by atoms with Gasteiger partial charge in [-0.15, -0.1) is 0 Å². The van der Waals surface area contributed by atoms with E-state index in [1.807, 2.05) is 0 Å². The molecule has 0 bridgehead atoms. The van der Waals surface area contributed by atoms with Gasteiger partial charge in [0.1, 0.15) is 11.6 Å². The zero-order valence-electron chi connectivity index (χ0n) is 8.19. The summed E-state index contributed by atoms with van der Waals surface area (Å²) in [6.07, 6.45) is -6.08. The van der Waals surface area contributed by atoms with Crippen molar-refractivity contribution in [1.29, 1.82) is 0 Å². The fourth-order valence-corrected chi connectivity index (χ4v) is 1.33. The normalized spacial score (nSPS) is 13.9. The Bertz CT molecular complexity index is 340. The van der Waals surface area contributed by atoms with Crippen molar-refractivity contribution in [1.82, 2.24) is 0 Å². The SMILES string of the molecule is N[C@H](CCC(F)(F)F)c1c(F)cccc1F. The van der Waals surface area contributed by atoms with Gasteiger partial charge in [-0.2, -0.15) is 13.2 Å². The highest BCUT2D eigenvalue weighted by atomic mass is 19.4. The minimum atomic E-state index is -4.38. The second kappa shape index (κ2) is 4.78. The molecule has 1 nitrogen and oxygen atoms in total. The van der Waals surface area contributed by atoms with Crippen LogP contribution in [0.25, 0.3) is 0 Å². The van der Waals surface area contributed by atoms with Gasteiger partial charge in [0, 0.05) is 18.0 Å². The van der Waals surface area contributed by atoms with Gasteiger partial charge in [0.25, 0.3) is 0 Å². The molecule has 0 amide bonds. The maximum Gasteiger partial charge on any atom is 0.389 e. The van der Waals surface area contributed by atoms with Crippen LogP contribution < -0.4 is 5.73 Å². The van der Waals surface area contributed by atoms with Crippen LogP contribution in [0.4, 0.5) is 22.0 Å². The predicted octanol–water partition coefficient (Wildman–Crippen LogP) is 3.31. The summed E-state index contributed by atoms with van der Waals surface area (Å²) in [5.74, 6) is -1.84. The topological polar surface area (TPSA) is 26.0 Å². The molecule has 0 aliphatic heterocycles. The summed E-state index contributed by atoms with van der Waals surface area (Å²) < 4.78 is 61.9. The summed E-state index contributed by atoms with van der Waals surface area (Å²) in [6, 6.07) is 1.77. The van der Waals surface area contributed by atoms with Gasteiger partial charge in [-0.3, -0.25) is 0 Å². The van der Waals surface area contributed by atoms with E-state index in [-0.39, 0.29) is 0 Å². The molecule has 0 aromatic heterocycles. The number of rotatable bonds is 3. The summed E-state index contributed by atoms with van der Waals surface area (Å²) in [6.45, 7) is 0. The van der Waals surface area contributed by atoms with Crippen molar-refractivity contribution in [2.45, 2.75) is 25.1 Å². The molecule has 0 aliphatic carbocycles. The van der Waals surface area contributed by atoms with Gasteiger partial charge >= 0.3 is 6.18 Å². The number of halogens is 5. The van der Waals surface area contributed by atoms with Crippen molar-refractivity contribution in [3.05, 3.63) is 35.4 Å². The maximum atomic E-state index is 13.1. The Kier molecular flexibility index (Phi) is 3.85. The van der Waals surface area contributed by atoms with E-state index in [9.17, 15) is 22.0 Å². The molecule has 1 aromatic carbocycles. The molecule has 0 heterocycles. The van der Waals surface area contributed by atoms with Crippen LogP contribution in [-0.4, -0.2) is 6.18 Å². The Morgan fingerprint density at radius 3 is 2.06 bits per heavy atom. The summed E-state index contributed by atoms with van der Waals surface area (Å²) in [5.41, 5.74) is 4.83. The molecule has 2 N–H and O–H groups in total. The van der Waals surface area contributed by atoms with Gasteiger partial charge in [-0.1, -0.05) is 6.07 Å². The van der Waals surface area contributed by atoms with E-state index in [2.05, 4.69) is 0 Å².